The van der Waals surface area contributed by atoms with Crippen LogP contribution in [0.4, 0.5) is 5.69 Å². The Bertz CT molecular complexity index is 1010. The average Bonchev–Trinajstić information content (AvgIpc) is 3.21. The standard InChI is InChI=1S/C15H9N5O3/c21-20(22)12-5-1-3-9-7-11(17-13(9)12)15-19-18-14(23-15)10-4-2-6-16-8-10/h1-8,17H. The number of H-pyrrole nitrogens is 1. The van der Waals surface area contributed by atoms with E-state index in [2.05, 4.69) is 20.2 Å². The van der Waals surface area contributed by atoms with Crippen LogP contribution in [0.3, 0.4) is 0 Å². The molecular formula is C15H9N5O3. The fourth-order valence-corrected chi connectivity index (χ4v) is 2.35. The molecule has 0 bridgehead atoms. The highest BCUT2D eigenvalue weighted by atomic mass is 16.6. The van der Waals surface area contributed by atoms with Crippen LogP contribution in [-0.4, -0.2) is 25.1 Å². The Balaban J connectivity index is 1.80. The zero-order valence-corrected chi connectivity index (χ0v) is 11.6. The third-order valence-electron chi connectivity index (χ3n) is 3.39. The first-order chi connectivity index (χ1) is 11.2. The van der Waals surface area contributed by atoms with Gasteiger partial charge < -0.3 is 9.40 Å². The van der Waals surface area contributed by atoms with Gasteiger partial charge in [0, 0.05) is 23.8 Å². The van der Waals surface area contributed by atoms with Gasteiger partial charge in [-0.2, -0.15) is 0 Å². The van der Waals surface area contributed by atoms with Gasteiger partial charge in [0.05, 0.1) is 10.5 Å². The van der Waals surface area contributed by atoms with Gasteiger partial charge in [-0.3, -0.25) is 15.1 Å². The van der Waals surface area contributed by atoms with Crippen molar-refractivity contribution in [1.82, 2.24) is 20.2 Å². The first-order valence-electron chi connectivity index (χ1n) is 6.73. The van der Waals surface area contributed by atoms with Gasteiger partial charge in [-0.1, -0.05) is 12.1 Å². The molecule has 0 saturated carbocycles. The number of fused-ring (bicyclic) bond motifs is 1. The predicted molar refractivity (Wildman–Crippen MR) is 81.5 cm³/mol. The molecule has 0 spiro atoms. The summed E-state index contributed by atoms with van der Waals surface area (Å²) in [6.45, 7) is 0. The molecule has 3 aromatic heterocycles. The van der Waals surface area contributed by atoms with Crippen molar-refractivity contribution < 1.29 is 9.34 Å². The molecule has 0 saturated heterocycles. The van der Waals surface area contributed by atoms with Gasteiger partial charge in [0.25, 0.3) is 11.6 Å². The molecule has 1 N–H and O–H groups in total. The number of nitrogens with one attached hydrogen (secondary N) is 1. The summed E-state index contributed by atoms with van der Waals surface area (Å²) in [4.78, 5) is 17.6. The van der Waals surface area contributed by atoms with Crippen molar-refractivity contribution in [2.45, 2.75) is 0 Å². The second kappa shape index (κ2) is 5.02. The van der Waals surface area contributed by atoms with Gasteiger partial charge in [-0.05, 0) is 18.2 Å². The number of aromatic amines is 1. The number of para-hydroxylation sites is 1. The van der Waals surface area contributed by atoms with Crippen molar-refractivity contribution in [2.75, 3.05) is 0 Å². The van der Waals surface area contributed by atoms with E-state index in [-0.39, 0.29) is 11.6 Å². The Labute approximate surface area is 129 Å². The molecule has 0 aliphatic heterocycles. The van der Waals surface area contributed by atoms with E-state index in [1.54, 1.807) is 42.7 Å². The summed E-state index contributed by atoms with van der Waals surface area (Å²) in [7, 11) is 0. The van der Waals surface area contributed by atoms with Gasteiger partial charge in [0.2, 0.25) is 5.89 Å². The molecule has 0 amide bonds. The normalized spacial score (nSPS) is 11.0. The average molecular weight is 307 g/mol. The first-order valence-corrected chi connectivity index (χ1v) is 6.73. The third kappa shape index (κ3) is 2.22. The van der Waals surface area contributed by atoms with Crippen molar-refractivity contribution in [3.8, 4) is 23.0 Å². The van der Waals surface area contributed by atoms with Gasteiger partial charge in [0.15, 0.2) is 0 Å². The lowest BCUT2D eigenvalue weighted by atomic mass is 10.2. The largest absolute Gasteiger partial charge is 0.415 e. The molecule has 0 atom stereocenters. The van der Waals surface area contributed by atoms with E-state index in [0.717, 1.165) is 0 Å². The second-order valence-electron chi connectivity index (χ2n) is 4.84. The van der Waals surface area contributed by atoms with E-state index in [1.807, 2.05) is 0 Å². The maximum absolute atomic E-state index is 11.1. The maximum atomic E-state index is 11.1. The highest BCUT2D eigenvalue weighted by Gasteiger charge is 2.17. The van der Waals surface area contributed by atoms with Gasteiger partial charge >= 0.3 is 0 Å². The lowest BCUT2D eigenvalue weighted by Crippen LogP contribution is -1.88. The molecule has 4 rings (SSSR count). The number of non-ortho nitro benzene ring substituents is 1. The second-order valence-corrected chi connectivity index (χ2v) is 4.84. The number of rotatable bonds is 3. The minimum atomic E-state index is -0.433. The van der Waals surface area contributed by atoms with Crippen LogP contribution in [0.15, 0.2) is 53.2 Å². The van der Waals surface area contributed by atoms with E-state index < -0.39 is 4.92 Å². The molecule has 0 aliphatic carbocycles. The summed E-state index contributed by atoms with van der Waals surface area (Å²) < 4.78 is 5.62. The molecule has 4 aromatic rings. The highest BCUT2D eigenvalue weighted by Crippen LogP contribution is 2.30. The Hall–Kier alpha value is -3.55. The van der Waals surface area contributed by atoms with Crippen molar-refractivity contribution in [3.63, 3.8) is 0 Å². The monoisotopic (exact) mass is 307 g/mol. The van der Waals surface area contributed by atoms with Crippen molar-refractivity contribution in [3.05, 3.63) is 58.9 Å². The van der Waals surface area contributed by atoms with E-state index in [1.165, 1.54) is 6.07 Å². The molecule has 3 heterocycles. The molecule has 112 valence electrons. The summed E-state index contributed by atoms with van der Waals surface area (Å²) >= 11 is 0. The molecule has 0 radical (unpaired) electrons. The number of aromatic nitrogens is 4. The fourth-order valence-electron chi connectivity index (χ4n) is 2.35. The Morgan fingerprint density at radius 3 is 2.78 bits per heavy atom. The number of nitro groups is 1. The predicted octanol–water partition coefficient (Wildman–Crippen LogP) is 3.19. The zero-order valence-electron chi connectivity index (χ0n) is 11.6. The van der Waals surface area contributed by atoms with Crippen LogP contribution < -0.4 is 0 Å². The maximum Gasteiger partial charge on any atom is 0.293 e. The van der Waals surface area contributed by atoms with Crippen LogP contribution >= 0.6 is 0 Å². The molecule has 0 unspecified atom stereocenters. The van der Waals surface area contributed by atoms with Crippen LogP contribution in [0, 0.1) is 10.1 Å². The Morgan fingerprint density at radius 2 is 2.00 bits per heavy atom. The summed E-state index contributed by atoms with van der Waals surface area (Å²) in [5.41, 5.74) is 1.65. The minimum Gasteiger partial charge on any atom is -0.415 e. The molecule has 23 heavy (non-hydrogen) atoms. The van der Waals surface area contributed by atoms with Crippen LogP contribution in [0.1, 0.15) is 0 Å². The Kier molecular flexibility index (Phi) is 2.87. The minimum absolute atomic E-state index is 0.000693. The van der Waals surface area contributed by atoms with Gasteiger partial charge in [-0.15, -0.1) is 10.2 Å². The van der Waals surface area contributed by atoms with Crippen LogP contribution in [-0.2, 0) is 0 Å². The summed E-state index contributed by atoms with van der Waals surface area (Å²) in [5.74, 6) is 0.593. The molecule has 0 aliphatic rings. The first kappa shape index (κ1) is 13.1. The fraction of sp³-hybridized carbons (Fsp3) is 0. The van der Waals surface area contributed by atoms with E-state index in [0.29, 0.717) is 28.1 Å². The van der Waals surface area contributed by atoms with Crippen molar-refractivity contribution in [2.24, 2.45) is 0 Å². The summed E-state index contributed by atoms with van der Waals surface area (Å²) in [5, 5.41) is 19.7. The third-order valence-corrected chi connectivity index (χ3v) is 3.39. The quantitative estimate of drug-likeness (QED) is 0.459. The highest BCUT2D eigenvalue weighted by molar-refractivity contribution is 5.91. The smallest absolute Gasteiger partial charge is 0.293 e. The topological polar surface area (TPSA) is 111 Å². The summed E-state index contributed by atoms with van der Waals surface area (Å²) in [6, 6.07) is 10.2. The Morgan fingerprint density at radius 1 is 1.13 bits per heavy atom. The zero-order chi connectivity index (χ0) is 15.8. The number of pyridine rings is 1. The molecule has 8 nitrogen and oxygen atoms in total. The SMILES string of the molecule is O=[N+]([O-])c1cccc2cc(-c3nnc(-c4cccnc4)o3)[nH]c12. The van der Waals surface area contributed by atoms with E-state index in [4.69, 9.17) is 4.42 Å². The molecule has 1 aromatic carbocycles. The van der Waals surface area contributed by atoms with Gasteiger partial charge in [-0.25, -0.2) is 0 Å². The molecule has 8 heteroatoms. The molecule has 0 fully saturated rings. The van der Waals surface area contributed by atoms with Crippen LogP contribution in [0.25, 0.3) is 33.9 Å². The van der Waals surface area contributed by atoms with Crippen molar-refractivity contribution >= 4 is 16.6 Å². The molecular weight excluding hydrogens is 298 g/mol. The van der Waals surface area contributed by atoms with E-state index in [9.17, 15) is 10.1 Å². The van der Waals surface area contributed by atoms with Crippen LogP contribution in [0.2, 0.25) is 0 Å². The summed E-state index contributed by atoms with van der Waals surface area (Å²) in [6.07, 6.45) is 3.27. The van der Waals surface area contributed by atoms with Gasteiger partial charge in [0.1, 0.15) is 11.2 Å². The number of nitro benzene ring substituents is 1. The number of nitrogens with zero attached hydrogens (tertiary/aromatic N) is 4. The van der Waals surface area contributed by atoms with E-state index >= 15 is 0 Å². The van der Waals surface area contributed by atoms with Crippen LogP contribution in [0.5, 0.6) is 0 Å². The lowest BCUT2D eigenvalue weighted by molar-refractivity contribution is -0.383. The number of hydrogen-bond donors (Lipinski definition) is 1. The number of benzene rings is 1. The van der Waals surface area contributed by atoms with Crippen molar-refractivity contribution in [1.29, 1.82) is 0 Å². The number of hydrogen-bond acceptors (Lipinski definition) is 6. The lowest BCUT2D eigenvalue weighted by Gasteiger charge is -1.92.